The number of ether oxygens (including phenoxy) is 1. The van der Waals surface area contributed by atoms with Gasteiger partial charge in [0.25, 0.3) is 0 Å². The summed E-state index contributed by atoms with van der Waals surface area (Å²) in [5.41, 5.74) is 1.26. The fraction of sp³-hybridized carbons (Fsp3) is 0.526. The van der Waals surface area contributed by atoms with E-state index >= 15 is 0 Å². The molecule has 24 heavy (non-hydrogen) atoms. The number of piperazine rings is 1. The molecular formula is C19H27N3OS. The van der Waals surface area contributed by atoms with E-state index in [0.717, 1.165) is 57.4 Å². The number of nitrogens with zero attached hydrogens (tertiary/aromatic N) is 2. The molecule has 1 aromatic carbocycles. The molecule has 2 saturated heterocycles. The zero-order valence-electron chi connectivity index (χ0n) is 14.2. The molecule has 2 aliphatic heterocycles. The summed E-state index contributed by atoms with van der Waals surface area (Å²) in [5.74, 6) is 0. The van der Waals surface area contributed by atoms with E-state index in [1.807, 2.05) is 6.07 Å². The third-order valence-corrected chi connectivity index (χ3v) is 5.04. The monoisotopic (exact) mass is 345 g/mol. The Hall–Kier alpha value is -1.43. The van der Waals surface area contributed by atoms with Crippen molar-refractivity contribution >= 4 is 23.4 Å². The van der Waals surface area contributed by atoms with Gasteiger partial charge < -0.3 is 15.0 Å². The van der Waals surface area contributed by atoms with Crippen LogP contribution in [-0.2, 0) is 4.74 Å². The number of hydrogen-bond acceptors (Lipinski definition) is 3. The second-order valence-corrected chi connectivity index (χ2v) is 6.81. The molecule has 1 N–H and O–H groups in total. The van der Waals surface area contributed by atoms with Crippen molar-refractivity contribution < 1.29 is 4.74 Å². The van der Waals surface area contributed by atoms with Gasteiger partial charge in [0, 0.05) is 45.9 Å². The van der Waals surface area contributed by atoms with E-state index in [1.54, 1.807) is 0 Å². The fourth-order valence-electron chi connectivity index (χ4n) is 3.15. The van der Waals surface area contributed by atoms with Crippen LogP contribution < -0.4 is 5.32 Å². The molecule has 0 spiro atoms. The smallest absolute Gasteiger partial charge is 0.169 e. The lowest BCUT2D eigenvalue weighted by molar-refractivity contribution is 0.112. The highest BCUT2D eigenvalue weighted by Gasteiger charge is 2.20. The van der Waals surface area contributed by atoms with Gasteiger partial charge in [-0.15, -0.1) is 0 Å². The Morgan fingerprint density at radius 3 is 2.71 bits per heavy atom. The highest BCUT2D eigenvalue weighted by molar-refractivity contribution is 7.80. The van der Waals surface area contributed by atoms with Gasteiger partial charge in [0.1, 0.15) is 0 Å². The molecule has 5 heteroatoms. The summed E-state index contributed by atoms with van der Waals surface area (Å²) in [6.45, 7) is 6.85. The van der Waals surface area contributed by atoms with Gasteiger partial charge in [0.05, 0.1) is 6.10 Å². The van der Waals surface area contributed by atoms with Crippen LogP contribution in [0.5, 0.6) is 0 Å². The van der Waals surface area contributed by atoms with Gasteiger partial charge >= 0.3 is 0 Å². The molecule has 130 valence electrons. The summed E-state index contributed by atoms with van der Waals surface area (Å²) in [5, 5.41) is 4.25. The number of thiocarbonyl (C=S) groups is 1. The van der Waals surface area contributed by atoms with Crippen molar-refractivity contribution in [2.24, 2.45) is 0 Å². The van der Waals surface area contributed by atoms with Crippen LogP contribution in [0.3, 0.4) is 0 Å². The van der Waals surface area contributed by atoms with Crippen LogP contribution >= 0.6 is 12.2 Å². The molecule has 0 aromatic heterocycles. The Bertz CT molecular complexity index is 535. The first kappa shape index (κ1) is 17.4. The maximum Gasteiger partial charge on any atom is 0.169 e. The van der Waals surface area contributed by atoms with E-state index in [-0.39, 0.29) is 0 Å². The lowest BCUT2D eigenvalue weighted by Crippen LogP contribution is -2.52. The largest absolute Gasteiger partial charge is 0.376 e. The minimum Gasteiger partial charge on any atom is -0.376 e. The van der Waals surface area contributed by atoms with Gasteiger partial charge in [-0.3, -0.25) is 4.90 Å². The molecule has 1 atom stereocenters. The van der Waals surface area contributed by atoms with Crippen molar-refractivity contribution in [3.8, 4) is 0 Å². The topological polar surface area (TPSA) is 27.7 Å². The summed E-state index contributed by atoms with van der Waals surface area (Å²) in [4.78, 5) is 4.75. The summed E-state index contributed by atoms with van der Waals surface area (Å²) >= 11 is 5.53. The SMILES string of the molecule is S=C(NCC1CCCO1)N1CCN(C/C=C/c2ccccc2)CC1. The molecule has 1 aromatic rings. The van der Waals surface area contributed by atoms with Crippen molar-refractivity contribution in [2.75, 3.05) is 45.9 Å². The van der Waals surface area contributed by atoms with Crippen molar-refractivity contribution in [3.63, 3.8) is 0 Å². The summed E-state index contributed by atoms with van der Waals surface area (Å²) in [6.07, 6.45) is 7.11. The van der Waals surface area contributed by atoms with Crippen molar-refractivity contribution in [1.82, 2.24) is 15.1 Å². The Kier molecular flexibility index (Phi) is 6.64. The predicted molar refractivity (Wildman–Crippen MR) is 103 cm³/mol. The molecule has 0 saturated carbocycles. The highest BCUT2D eigenvalue weighted by atomic mass is 32.1. The lowest BCUT2D eigenvalue weighted by atomic mass is 10.2. The van der Waals surface area contributed by atoms with Crippen LogP contribution in [0.2, 0.25) is 0 Å². The third-order valence-electron chi connectivity index (χ3n) is 4.64. The number of nitrogens with one attached hydrogen (secondary N) is 1. The van der Waals surface area contributed by atoms with E-state index in [2.05, 4.69) is 51.5 Å². The highest BCUT2D eigenvalue weighted by Crippen LogP contribution is 2.11. The second-order valence-electron chi connectivity index (χ2n) is 6.42. The van der Waals surface area contributed by atoms with Crippen LogP contribution in [-0.4, -0.2) is 66.9 Å². The van der Waals surface area contributed by atoms with Crippen LogP contribution in [0, 0.1) is 0 Å². The Morgan fingerprint density at radius 1 is 1.21 bits per heavy atom. The first-order chi connectivity index (χ1) is 11.8. The molecule has 3 rings (SSSR count). The van der Waals surface area contributed by atoms with Gasteiger partial charge in [-0.05, 0) is 30.6 Å². The third kappa shape index (κ3) is 5.30. The minimum atomic E-state index is 0.340. The quantitative estimate of drug-likeness (QED) is 0.827. The predicted octanol–water partition coefficient (Wildman–Crippen LogP) is 2.37. The van der Waals surface area contributed by atoms with Crippen molar-refractivity contribution in [3.05, 3.63) is 42.0 Å². The maximum atomic E-state index is 5.63. The maximum absolute atomic E-state index is 5.63. The zero-order chi connectivity index (χ0) is 16.6. The van der Waals surface area contributed by atoms with Crippen molar-refractivity contribution in [1.29, 1.82) is 0 Å². The number of benzene rings is 1. The van der Waals surface area contributed by atoms with E-state index in [4.69, 9.17) is 17.0 Å². The van der Waals surface area contributed by atoms with Gasteiger partial charge in [0.2, 0.25) is 0 Å². The van der Waals surface area contributed by atoms with Gasteiger partial charge in [-0.25, -0.2) is 0 Å². The molecule has 0 aliphatic carbocycles. The molecule has 0 bridgehead atoms. The second kappa shape index (κ2) is 9.16. The zero-order valence-corrected chi connectivity index (χ0v) is 15.0. The van der Waals surface area contributed by atoms with Gasteiger partial charge in [-0.1, -0.05) is 42.5 Å². The van der Waals surface area contributed by atoms with Gasteiger partial charge in [0.15, 0.2) is 5.11 Å². The molecular weight excluding hydrogens is 318 g/mol. The Morgan fingerprint density at radius 2 is 2.00 bits per heavy atom. The summed E-state index contributed by atoms with van der Waals surface area (Å²) in [6, 6.07) is 10.5. The Labute approximate surface area is 150 Å². The molecule has 0 radical (unpaired) electrons. The average Bonchev–Trinajstić information content (AvgIpc) is 3.15. The van der Waals surface area contributed by atoms with Gasteiger partial charge in [-0.2, -0.15) is 0 Å². The lowest BCUT2D eigenvalue weighted by Gasteiger charge is -2.36. The van der Waals surface area contributed by atoms with E-state index in [9.17, 15) is 0 Å². The van der Waals surface area contributed by atoms with Crippen LogP contribution in [0.4, 0.5) is 0 Å². The van der Waals surface area contributed by atoms with E-state index in [1.165, 1.54) is 12.0 Å². The molecule has 0 amide bonds. The van der Waals surface area contributed by atoms with Crippen molar-refractivity contribution in [2.45, 2.75) is 18.9 Å². The van der Waals surface area contributed by atoms with Crippen LogP contribution in [0.1, 0.15) is 18.4 Å². The summed E-state index contributed by atoms with van der Waals surface area (Å²) < 4.78 is 5.63. The first-order valence-corrected chi connectivity index (χ1v) is 9.30. The number of rotatable bonds is 5. The molecule has 2 heterocycles. The first-order valence-electron chi connectivity index (χ1n) is 8.89. The standard InChI is InChI=1S/C19H27N3OS/c24-19(20-16-18-9-5-15-23-18)22-13-11-21(12-14-22)10-4-8-17-6-2-1-3-7-17/h1-4,6-8,18H,5,9-16H2,(H,20,24)/b8-4+. The van der Waals surface area contributed by atoms with E-state index < -0.39 is 0 Å². The van der Waals surface area contributed by atoms with Crippen LogP contribution in [0.25, 0.3) is 6.08 Å². The fourth-order valence-corrected chi connectivity index (χ4v) is 3.42. The summed E-state index contributed by atoms with van der Waals surface area (Å²) in [7, 11) is 0. The van der Waals surface area contributed by atoms with Crippen LogP contribution in [0.15, 0.2) is 36.4 Å². The normalized spacial score (nSPS) is 22.2. The average molecular weight is 346 g/mol. The Balaban J connectivity index is 1.34. The molecule has 2 aliphatic rings. The van der Waals surface area contributed by atoms with E-state index in [0.29, 0.717) is 6.10 Å². The molecule has 2 fully saturated rings. The molecule has 4 nitrogen and oxygen atoms in total. The molecule has 1 unspecified atom stereocenters. The number of hydrogen-bond donors (Lipinski definition) is 1. The minimum absolute atomic E-state index is 0.340.